The van der Waals surface area contributed by atoms with Crippen LogP contribution in [0.1, 0.15) is 12.8 Å². The molecule has 0 saturated carbocycles. The van der Waals surface area contributed by atoms with Gasteiger partial charge in [-0.05, 0) is 30.9 Å². The van der Waals surface area contributed by atoms with E-state index in [1.165, 1.54) is 17.1 Å². The van der Waals surface area contributed by atoms with Crippen LogP contribution >= 0.6 is 0 Å². The number of rotatable bonds is 4. The lowest BCUT2D eigenvalue weighted by Crippen LogP contribution is -2.37. The van der Waals surface area contributed by atoms with Gasteiger partial charge in [-0.25, -0.2) is 24.3 Å². The lowest BCUT2D eigenvalue weighted by Gasteiger charge is -2.33. The Hall–Kier alpha value is -3.69. The minimum atomic E-state index is -0.106. The van der Waals surface area contributed by atoms with Crippen LogP contribution in [-0.2, 0) is 6.54 Å². The minimum absolute atomic E-state index is 0.106. The second kappa shape index (κ2) is 7.38. The van der Waals surface area contributed by atoms with Crippen LogP contribution in [0.5, 0.6) is 0 Å². The zero-order chi connectivity index (χ0) is 19.6. The monoisotopic (exact) mass is 389 g/mol. The molecular formula is C19H19N9O. The summed E-state index contributed by atoms with van der Waals surface area (Å²) in [7, 11) is 0. The van der Waals surface area contributed by atoms with Crippen LogP contribution in [-0.4, -0.2) is 52.6 Å². The molecule has 0 aliphatic carbocycles. The molecule has 146 valence electrons. The van der Waals surface area contributed by atoms with Gasteiger partial charge in [0.05, 0.1) is 11.7 Å². The summed E-state index contributed by atoms with van der Waals surface area (Å²) in [5.74, 6) is 1.90. The second-order valence-electron chi connectivity index (χ2n) is 7.07. The maximum Gasteiger partial charge on any atom is 0.266 e. The van der Waals surface area contributed by atoms with Gasteiger partial charge >= 0.3 is 0 Å². The van der Waals surface area contributed by atoms with Crippen molar-refractivity contribution in [2.24, 2.45) is 5.92 Å². The maximum absolute atomic E-state index is 12.3. The molecule has 4 aromatic heterocycles. The maximum atomic E-state index is 12.3. The van der Waals surface area contributed by atoms with E-state index >= 15 is 0 Å². The van der Waals surface area contributed by atoms with Gasteiger partial charge in [0.25, 0.3) is 5.56 Å². The zero-order valence-electron chi connectivity index (χ0n) is 15.7. The van der Waals surface area contributed by atoms with Gasteiger partial charge in [0.2, 0.25) is 0 Å². The van der Waals surface area contributed by atoms with Gasteiger partial charge < -0.3 is 4.90 Å². The highest BCUT2D eigenvalue weighted by atomic mass is 16.1. The molecule has 29 heavy (non-hydrogen) atoms. The number of hydrogen-bond donors (Lipinski definition) is 0. The molecule has 1 aliphatic heterocycles. The van der Waals surface area contributed by atoms with E-state index in [9.17, 15) is 4.79 Å². The average molecular weight is 389 g/mol. The zero-order valence-corrected chi connectivity index (χ0v) is 15.7. The van der Waals surface area contributed by atoms with Gasteiger partial charge in [0.1, 0.15) is 24.8 Å². The lowest BCUT2D eigenvalue weighted by atomic mass is 9.96. The molecule has 4 aromatic rings. The highest BCUT2D eigenvalue weighted by Crippen LogP contribution is 2.27. The van der Waals surface area contributed by atoms with E-state index in [0.717, 1.165) is 42.7 Å². The largest absolute Gasteiger partial charge is 0.356 e. The first-order valence-electron chi connectivity index (χ1n) is 9.51. The fraction of sp³-hybridized carbons (Fsp3) is 0.316. The van der Waals surface area contributed by atoms with Crippen LogP contribution < -0.4 is 10.5 Å². The first kappa shape index (κ1) is 17.4. The third-order valence-corrected chi connectivity index (χ3v) is 5.27. The molecule has 0 spiro atoms. The van der Waals surface area contributed by atoms with Crippen molar-refractivity contribution in [3.8, 4) is 5.82 Å². The summed E-state index contributed by atoms with van der Waals surface area (Å²) in [5.41, 5.74) is 0.742. The Labute approximate surface area is 165 Å². The Morgan fingerprint density at radius 3 is 2.76 bits per heavy atom. The van der Waals surface area contributed by atoms with Crippen molar-refractivity contribution in [1.29, 1.82) is 0 Å². The molecule has 5 heterocycles. The fourth-order valence-corrected chi connectivity index (χ4v) is 3.73. The molecule has 0 N–H and O–H groups in total. The molecule has 0 radical (unpaired) electrons. The van der Waals surface area contributed by atoms with Crippen molar-refractivity contribution in [1.82, 2.24) is 39.5 Å². The van der Waals surface area contributed by atoms with Crippen LogP contribution in [0.3, 0.4) is 0 Å². The number of pyridine rings is 1. The molecule has 1 saturated heterocycles. The predicted molar refractivity (Wildman–Crippen MR) is 106 cm³/mol. The quantitative estimate of drug-likeness (QED) is 0.510. The summed E-state index contributed by atoms with van der Waals surface area (Å²) < 4.78 is 3.08. The SMILES string of the molecule is O=c1ccc(-n2cncn2)nn1CC1CCN(c2ncnc3cnccc23)CC1. The van der Waals surface area contributed by atoms with E-state index in [1.807, 2.05) is 6.07 Å². The van der Waals surface area contributed by atoms with Gasteiger partial charge in [0.15, 0.2) is 5.82 Å². The average Bonchev–Trinajstić information content (AvgIpc) is 3.30. The third-order valence-electron chi connectivity index (χ3n) is 5.27. The van der Waals surface area contributed by atoms with Crippen LogP contribution in [0.4, 0.5) is 5.82 Å². The second-order valence-corrected chi connectivity index (χ2v) is 7.07. The number of piperidine rings is 1. The van der Waals surface area contributed by atoms with E-state index in [2.05, 4.69) is 35.0 Å². The van der Waals surface area contributed by atoms with Gasteiger partial charge in [-0.3, -0.25) is 9.78 Å². The van der Waals surface area contributed by atoms with Crippen LogP contribution in [0.15, 0.2) is 54.4 Å². The van der Waals surface area contributed by atoms with Crippen molar-refractivity contribution in [2.45, 2.75) is 19.4 Å². The standard InChI is InChI=1S/C19H19N9O/c29-18-2-1-17(28-13-21-11-24-28)25-27(18)10-14-4-7-26(8-5-14)19-15-3-6-20-9-16(15)22-12-23-19/h1-3,6,9,11-14H,4-5,7-8,10H2. The molecule has 0 atom stereocenters. The topological polar surface area (TPSA) is 108 Å². The molecule has 1 fully saturated rings. The first-order valence-corrected chi connectivity index (χ1v) is 9.51. The van der Waals surface area contributed by atoms with E-state index in [1.54, 1.807) is 35.8 Å². The fourth-order valence-electron chi connectivity index (χ4n) is 3.73. The van der Waals surface area contributed by atoms with E-state index in [-0.39, 0.29) is 5.56 Å². The number of nitrogens with zero attached hydrogens (tertiary/aromatic N) is 9. The summed E-state index contributed by atoms with van der Waals surface area (Å²) in [6, 6.07) is 5.14. The van der Waals surface area contributed by atoms with Crippen molar-refractivity contribution in [3.63, 3.8) is 0 Å². The molecule has 1 aliphatic rings. The predicted octanol–water partition coefficient (Wildman–Crippen LogP) is 1.08. The highest BCUT2D eigenvalue weighted by Gasteiger charge is 2.22. The van der Waals surface area contributed by atoms with E-state index in [0.29, 0.717) is 18.3 Å². The van der Waals surface area contributed by atoms with Crippen LogP contribution in [0.2, 0.25) is 0 Å². The van der Waals surface area contributed by atoms with Crippen LogP contribution in [0, 0.1) is 5.92 Å². The molecule has 0 bridgehead atoms. The van der Waals surface area contributed by atoms with Crippen molar-refractivity contribution < 1.29 is 0 Å². The Kier molecular flexibility index (Phi) is 4.43. The van der Waals surface area contributed by atoms with Crippen molar-refractivity contribution >= 4 is 16.7 Å². The first-order chi connectivity index (χ1) is 14.3. The molecule has 0 amide bonds. The third kappa shape index (κ3) is 3.44. The molecule has 5 rings (SSSR count). The Morgan fingerprint density at radius 2 is 1.93 bits per heavy atom. The van der Waals surface area contributed by atoms with Gasteiger partial charge in [-0.15, -0.1) is 5.10 Å². The Balaban J connectivity index is 1.30. The van der Waals surface area contributed by atoms with Gasteiger partial charge in [-0.2, -0.15) is 5.10 Å². The summed E-state index contributed by atoms with van der Waals surface area (Å²) in [4.78, 5) is 31.4. The summed E-state index contributed by atoms with van der Waals surface area (Å²) in [6.45, 7) is 2.33. The molecule has 0 aromatic carbocycles. The normalized spacial score (nSPS) is 15.1. The number of anilines is 1. The smallest absolute Gasteiger partial charge is 0.266 e. The van der Waals surface area contributed by atoms with Gasteiger partial charge in [-0.1, -0.05) is 0 Å². The van der Waals surface area contributed by atoms with E-state index in [4.69, 9.17) is 0 Å². The molecule has 10 heteroatoms. The highest BCUT2D eigenvalue weighted by molar-refractivity contribution is 5.88. The summed E-state index contributed by atoms with van der Waals surface area (Å²) >= 11 is 0. The Morgan fingerprint density at radius 1 is 1.03 bits per heavy atom. The number of hydrogen-bond acceptors (Lipinski definition) is 8. The number of aromatic nitrogens is 8. The molecule has 10 nitrogen and oxygen atoms in total. The molecular weight excluding hydrogens is 370 g/mol. The number of fused-ring (bicyclic) bond motifs is 1. The summed E-state index contributed by atoms with van der Waals surface area (Å²) in [5, 5.41) is 9.54. The summed E-state index contributed by atoms with van der Waals surface area (Å²) in [6.07, 6.45) is 10.0. The lowest BCUT2D eigenvalue weighted by molar-refractivity contribution is 0.334. The van der Waals surface area contributed by atoms with Crippen molar-refractivity contribution in [3.05, 3.63) is 59.9 Å². The molecule has 0 unspecified atom stereocenters. The van der Waals surface area contributed by atoms with E-state index < -0.39 is 0 Å². The van der Waals surface area contributed by atoms with Gasteiger partial charge in [0, 0.05) is 37.3 Å². The Bertz CT molecular complexity index is 1170. The van der Waals surface area contributed by atoms with Crippen molar-refractivity contribution in [2.75, 3.05) is 18.0 Å². The van der Waals surface area contributed by atoms with Crippen LogP contribution in [0.25, 0.3) is 16.7 Å². The minimum Gasteiger partial charge on any atom is -0.356 e.